The van der Waals surface area contributed by atoms with Crippen LogP contribution in [0.3, 0.4) is 0 Å². The van der Waals surface area contributed by atoms with Gasteiger partial charge in [-0.25, -0.2) is 0 Å². The molecule has 1 aliphatic rings. The van der Waals surface area contributed by atoms with E-state index in [1.165, 1.54) is 5.56 Å². The van der Waals surface area contributed by atoms with E-state index < -0.39 is 11.4 Å². The van der Waals surface area contributed by atoms with E-state index in [0.29, 0.717) is 6.54 Å². The fourth-order valence-electron chi connectivity index (χ4n) is 2.43. The molecule has 1 aliphatic heterocycles. The van der Waals surface area contributed by atoms with Crippen molar-refractivity contribution in [2.75, 3.05) is 13.1 Å². The molecule has 1 saturated heterocycles. The number of aryl methyl sites for hydroxylation is 1. The minimum absolute atomic E-state index is 0.596. The van der Waals surface area contributed by atoms with Crippen molar-refractivity contribution < 1.29 is 9.90 Å². The normalized spacial score (nSPS) is 24.4. The van der Waals surface area contributed by atoms with Crippen LogP contribution in [0.5, 0.6) is 0 Å². The highest BCUT2D eigenvalue weighted by Gasteiger charge is 2.40. The van der Waals surface area contributed by atoms with Gasteiger partial charge in [0.05, 0.1) is 5.41 Å². The van der Waals surface area contributed by atoms with E-state index in [1.807, 2.05) is 26.0 Å². The van der Waals surface area contributed by atoms with Crippen molar-refractivity contribution in [1.82, 2.24) is 4.90 Å². The molecule has 1 heterocycles. The van der Waals surface area contributed by atoms with Crippen LogP contribution in [0.2, 0.25) is 5.02 Å². The first kappa shape index (κ1) is 13.4. The first-order valence-corrected chi connectivity index (χ1v) is 6.49. The molecule has 98 valence electrons. The standard InChI is InChI=1S/C14H18ClNO2/c1-10-7-11(3-4-12(10)15)8-16-6-5-14(2,9-16)13(17)18/h3-4,7H,5-6,8-9H2,1-2H3,(H,17,18). The highest BCUT2D eigenvalue weighted by atomic mass is 35.5. The average Bonchev–Trinajstić information content (AvgIpc) is 2.67. The SMILES string of the molecule is Cc1cc(CN2CCC(C)(C(=O)O)C2)ccc1Cl. The second kappa shape index (κ2) is 4.90. The Kier molecular flexibility index (Phi) is 3.64. The average molecular weight is 268 g/mol. The van der Waals surface area contributed by atoms with Crippen LogP contribution in [0.15, 0.2) is 18.2 Å². The van der Waals surface area contributed by atoms with Crippen LogP contribution in [0, 0.1) is 12.3 Å². The van der Waals surface area contributed by atoms with Gasteiger partial charge in [0, 0.05) is 18.1 Å². The summed E-state index contributed by atoms with van der Waals surface area (Å²) in [6.07, 6.45) is 0.717. The Balaban J connectivity index is 2.03. The Morgan fingerprint density at radius 3 is 2.83 bits per heavy atom. The zero-order valence-corrected chi connectivity index (χ0v) is 11.5. The quantitative estimate of drug-likeness (QED) is 0.915. The molecule has 0 radical (unpaired) electrons. The summed E-state index contributed by atoms with van der Waals surface area (Å²) in [7, 11) is 0. The van der Waals surface area contributed by atoms with Crippen LogP contribution in [0.1, 0.15) is 24.5 Å². The lowest BCUT2D eigenvalue weighted by atomic mass is 9.90. The number of hydrogen-bond acceptors (Lipinski definition) is 2. The van der Waals surface area contributed by atoms with Crippen molar-refractivity contribution in [3.63, 3.8) is 0 Å². The Bertz CT molecular complexity index is 475. The highest BCUT2D eigenvalue weighted by Crippen LogP contribution is 2.31. The molecule has 0 bridgehead atoms. The summed E-state index contributed by atoms with van der Waals surface area (Å²) >= 11 is 5.99. The highest BCUT2D eigenvalue weighted by molar-refractivity contribution is 6.31. The molecule has 2 rings (SSSR count). The van der Waals surface area contributed by atoms with Gasteiger partial charge in [-0.1, -0.05) is 23.7 Å². The second-order valence-corrected chi connectivity index (χ2v) is 5.82. The molecule has 3 nitrogen and oxygen atoms in total. The van der Waals surface area contributed by atoms with Gasteiger partial charge >= 0.3 is 5.97 Å². The first-order valence-electron chi connectivity index (χ1n) is 6.11. The molecule has 18 heavy (non-hydrogen) atoms. The van der Waals surface area contributed by atoms with E-state index >= 15 is 0 Å². The van der Waals surface area contributed by atoms with Gasteiger partial charge in [0.25, 0.3) is 0 Å². The molecule has 4 heteroatoms. The van der Waals surface area contributed by atoms with E-state index in [1.54, 1.807) is 0 Å². The molecule has 1 atom stereocenters. The Labute approximate surface area is 112 Å². The molecule has 1 aromatic rings. The number of carbonyl (C=O) groups is 1. The van der Waals surface area contributed by atoms with Gasteiger partial charge in [-0.15, -0.1) is 0 Å². The van der Waals surface area contributed by atoms with Gasteiger partial charge in [-0.05, 0) is 44.0 Å². The minimum Gasteiger partial charge on any atom is -0.481 e. The van der Waals surface area contributed by atoms with E-state index in [9.17, 15) is 9.90 Å². The van der Waals surface area contributed by atoms with Crippen LogP contribution in [-0.2, 0) is 11.3 Å². The van der Waals surface area contributed by atoms with Crippen molar-refractivity contribution in [2.45, 2.75) is 26.8 Å². The number of rotatable bonds is 3. The Morgan fingerprint density at radius 1 is 1.56 bits per heavy atom. The molecule has 0 aromatic heterocycles. The van der Waals surface area contributed by atoms with Crippen LogP contribution in [0.25, 0.3) is 0 Å². The minimum atomic E-state index is -0.697. The molecular weight excluding hydrogens is 250 g/mol. The number of carboxylic acid groups (broad SMARTS) is 1. The molecule has 0 saturated carbocycles. The Hall–Kier alpha value is -1.06. The lowest BCUT2D eigenvalue weighted by molar-refractivity contribution is -0.147. The summed E-state index contributed by atoms with van der Waals surface area (Å²) in [6.45, 7) is 6.05. The van der Waals surface area contributed by atoms with Crippen LogP contribution in [-0.4, -0.2) is 29.1 Å². The lowest BCUT2D eigenvalue weighted by Crippen LogP contribution is -2.31. The monoisotopic (exact) mass is 267 g/mol. The number of aliphatic carboxylic acids is 1. The topological polar surface area (TPSA) is 40.5 Å². The van der Waals surface area contributed by atoms with Crippen molar-refractivity contribution in [1.29, 1.82) is 0 Å². The first-order chi connectivity index (χ1) is 8.40. The zero-order valence-electron chi connectivity index (χ0n) is 10.7. The summed E-state index contributed by atoms with van der Waals surface area (Å²) in [5.74, 6) is -0.697. The lowest BCUT2D eigenvalue weighted by Gasteiger charge is -2.20. The fourth-order valence-corrected chi connectivity index (χ4v) is 2.55. The molecule has 1 fully saturated rings. The van der Waals surface area contributed by atoms with Crippen LogP contribution in [0.4, 0.5) is 0 Å². The maximum absolute atomic E-state index is 11.2. The molecule has 1 aromatic carbocycles. The summed E-state index contributed by atoms with van der Waals surface area (Å²) in [5, 5.41) is 9.97. The van der Waals surface area contributed by atoms with Crippen LogP contribution >= 0.6 is 11.6 Å². The van der Waals surface area contributed by atoms with Crippen molar-refractivity contribution in [3.05, 3.63) is 34.3 Å². The van der Waals surface area contributed by atoms with E-state index in [-0.39, 0.29) is 0 Å². The third-order valence-electron chi connectivity index (χ3n) is 3.70. The van der Waals surface area contributed by atoms with Crippen molar-refractivity contribution >= 4 is 17.6 Å². The van der Waals surface area contributed by atoms with Gasteiger partial charge in [-0.2, -0.15) is 0 Å². The number of nitrogens with zero attached hydrogens (tertiary/aromatic N) is 1. The molecule has 0 spiro atoms. The van der Waals surface area contributed by atoms with E-state index in [4.69, 9.17) is 11.6 Å². The predicted octanol–water partition coefficient (Wildman–Crippen LogP) is 2.95. The largest absolute Gasteiger partial charge is 0.481 e. The summed E-state index contributed by atoms with van der Waals surface area (Å²) in [4.78, 5) is 13.4. The number of benzene rings is 1. The van der Waals surface area contributed by atoms with E-state index in [2.05, 4.69) is 11.0 Å². The van der Waals surface area contributed by atoms with Gasteiger partial charge in [-0.3, -0.25) is 9.69 Å². The number of likely N-dealkylation sites (tertiary alicyclic amines) is 1. The van der Waals surface area contributed by atoms with Crippen LogP contribution < -0.4 is 0 Å². The molecule has 1 unspecified atom stereocenters. The van der Waals surface area contributed by atoms with Gasteiger partial charge in [0.15, 0.2) is 0 Å². The second-order valence-electron chi connectivity index (χ2n) is 5.41. The van der Waals surface area contributed by atoms with Gasteiger partial charge in [0.2, 0.25) is 0 Å². The third-order valence-corrected chi connectivity index (χ3v) is 4.12. The number of carboxylic acids is 1. The van der Waals surface area contributed by atoms with Gasteiger partial charge in [0.1, 0.15) is 0 Å². The predicted molar refractivity (Wildman–Crippen MR) is 71.8 cm³/mol. The number of hydrogen-bond donors (Lipinski definition) is 1. The van der Waals surface area contributed by atoms with Crippen molar-refractivity contribution in [2.24, 2.45) is 5.41 Å². The van der Waals surface area contributed by atoms with Crippen molar-refractivity contribution in [3.8, 4) is 0 Å². The maximum atomic E-state index is 11.2. The summed E-state index contributed by atoms with van der Waals surface area (Å²) in [5.41, 5.74) is 1.66. The molecular formula is C14H18ClNO2. The summed E-state index contributed by atoms with van der Waals surface area (Å²) in [6, 6.07) is 5.98. The molecule has 0 aliphatic carbocycles. The molecule has 0 amide bonds. The Morgan fingerprint density at radius 2 is 2.28 bits per heavy atom. The van der Waals surface area contributed by atoms with Gasteiger partial charge < -0.3 is 5.11 Å². The third kappa shape index (κ3) is 2.68. The zero-order chi connectivity index (χ0) is 13.3. The summed E-state index contributed by atoms with van der Waals surface area (Å²) < 4.78 is 0. The van der Waals surface area contributed by atoms with E-state index in [0.717, 1.165) is 30.1 Å². The fraction of sp³-hybridized carbons (Fsp3) is 0.500. The maximum Gasteiger partial charge on any atom is 0.310 e. The molecule has 1 N–H and O–H groups in total. The smallest absolute Gasteiger partial charge is 0.310 e. The number of halogens is 1.